The number of ether oxygens (including phenoxy) is 1. The number of hydrogen-bond donors (Lipinski definition) is 2. The quantitative estimate of drug-likeness (QED) is 0.663. The number of nitrogen functional groups attached to an aromatic ring is 1. The molecule has 0 unspecified atom stereocenters. The molecule has 0 bridgehead atoms. The molecule has 0 fully saturated rings. The van der Waals surface area contributed by atoms with Crippen LogP contribution in [0, 0.1) is 0 Å². The second kappa shape index (κ2) is 5.86. The van der Waals surface area contributed by atoms with E-state index in [0.717, 1.165) is 5.56 Å². The lowest BCUT2D eigenvalue weighted by Crippen LogP contribution is -2.13. The first-order chi connectivity index (χ1) is 9.11. The van der Waals surface area contributed by atoms with E-state index in [2.05, 4.69) is 15.4 Å². The average molecular weight is 279 g/mol. The molecule has 0 saturated heterocycles. The van der Waals surface area contributed by atoms with E-state index >= 15 is 0 Å². The van der Waals surface area contributed by atoms with Crippen LogP contribution in [0.15, 0.2) is 30.6 Å². The van der Waals surface area contributed by atoms with Crippen molar-refractivity contribution >= 4 is 17.4 Å². The van der Waals surface area contributed by atoms with Crippen LogP contribution in [0.3, 0.4) is 0 Å². The summed E-state index contributed by atoms with van der Waals surface area (Å²) in [4.78, 5) is 8.25. The molecule has 1 aromatic heterocycles. The first-order valence-electron chi connectivity index (χ1n) is 5.86. The van der Waals surface area contributed by atoms with E-state index in [1.54, 1.807) is 24.3 Å². The van der Waals surface area contributed by atoms with E-state index in [1.807, 2.05) is 13.8 Å². The van der Waals surface area contributed by atoms with Gasteiger partial charge < -0.3 is 10.2 Å². The number of halogens is 1. The molecule has 0 atom stereocenters. The van der Waals surface area contributed by atoms with Crippen molar-refractivity contribution in [2.45, 2.75) is 19.8 Å². The smallest absolute Gasteiger partial charge is 0.227 e. The monoisotopic (exact) mass is 278 g/mol. The zero-order valence-corrected chi connectivity index (χ0v) is 11.5. The van der Waals surface area contributed by atoms with Crippen molar-refractivity contribution in [3.63, 3.8) is 0 Å². The zero-order valence-electron chi connectivity index (χ0n) is 10.7. The van der Waals surface area contributed by atoms with Crippen molar-refractivity contribution < 1.29 is 4.74 Å². The van der Waals surface area contributed by atoms with Gasteiger partial charge in [0.2, 0.25) is 5.88 Å². The predicted molar refractivity (Wildman–Crippen MR) is 75.5 cm³/mol. The molecular weight excluding hydrogens is 264 g/mol. The Morgan fingerprint density at radius 1 is 1.21 bits per heavy atom. The van der Waals surface area contributed by atoms with Crippen molar-refractivity contribution in [1.29, 1.82) is 0 Å². The first-order valence-corrected chi connectivity index (χ1v) is 6.24. The predicted octanol–water partition coefficient (Wildman–Crippen LogP) is 3.33. The van der Waals surface area contributed by atoms with Gasteiger partial charge >= 0.3 is 0 Å². The highest BCUT2D eigenvalue weighted by Gasteiger charge is 2.16. The van der Waals surface area contributed by atoms with Crippen molar-refractivity contribution in [2.75, 3.05) is 5.43 Å². The van der Waals surface area contributed by atoms with Gasteiger partial charge in [0.1, 0.15) is 12.1 Å². The van der Waals surface area contributed by atoms with Gasteiger partial charge in [-0.15, -0.1) is 0 Å². The van der Waals surface area contributed by atoms with Crippen molar-refractivity contribution in [2.24, 2.45) is 5.84 Å². The van der Waals surface area contributed by atoms with E-state index in [0.29, 0.717) is 22.5 Å². The summed E-state index contributed by atoms with van der Waals surface area (Å²) in [6.07, 6.45) is 1.41. The third-order valence-electron chi connectivity index (χ3n) is 2.59. The van der Waals surface area contributed by atoms with Gasteiger partial charge in [0.05, 0.1) is 5.56 Å². The maximum Gasteiger partial charge on any atom is 0.227 e. The molecule has 0 radical (unpaired) electrons. The van der Waals surface area contributed by atoms with E-state index in [9.17, 15) is 0 Å². The van der Waals surface area contributed by atoms with Crippen LogP contribution in [-0.2, 0) is 0 Å². The van der Waals surface area contributed by atoms with Gasteiger partial charge in [0.15, 0.2) is 5.82 Å². The van der Waals surface area contributed by atoms with Gasteiger partial charge in [-0.05, 0) is 30.2 Å². The molecule has 19 heavy (non-hydrogen) atoms. The van der Waals surface area contributed by atoms with E-state index in [1.165, 1.54) is 6.33 Å². The van der Waals surface area contributed by atoms with Gasteiger partial charge in [0.25, 0.3) is 0 Å². The van der Waals surface area contributed by atoms with Crippen molar-refractivity contribution in [3.8, 4) is 11.6 Å². The fourth-order valence-corrected chi connectivity index (χ4v) is 1.84. The number of aromatic nitrogens is 2. The van der Waals surface area contributed by atoms with Gasteiger partial charge in [-0.1, -0.05) is 25.4 Å². The topological polar surface area (TPSA) is 73.1 Å². The standard InChI is InChI=1S/C13H15ClN4O/c1-8(2)11-12(18-15)16-7-17-13(11)19-10-5-3-9(14)4-6-10/h3-8H,15H2,1-2H3,(H,16,17,18). The zero-order chi connectivity index (χ0) is 13.8. The maximum absolute atomic E-state index is 5.84. The third-order valence-corrected chi connectivity index (χ3v) is 2.84. The molecular formula is C13H15ClN4O. The Morgan fingerprint density at radius 2 is 1.89 bits per heavy atom. The van der Waals surface area contributed by atoms with Gasteiger partial charge in [0, 0.05) is 5.02 Å². The van der Waals surface area contributed by atoms with E-state index < -0.39 is 0 Å². The van der Waals surface area contributed by atoms with Crippen LogP contribution in [0.1, 0.15) is 25.3 Å². The lowest BCUT2D eigenvalue weighted by atomic mass is 10.1. The minimum atomic E-state index is 0.176. The molecule has 6 heteroatoms. The molecule has 3 N–H and O–H groups in total. The van der Waals surface area contributed by atoms with Crippen LogP contribution in [0.5, 0.6) is 11.6 Å². The van der Waals surface area contributed by atoms with Crippen LogP contribution >= 0.6 is 11.6 Å². The molecule has 100 valence electrons. The number of nitrogens with one attached hydrogen (secondary N) is 1. The molecule has 0 spiro atoms. The Labute approximate surface area is 116 Å². The molecule has 0 aliphatic carbocycles. The van der Waals surface area contributed by atoms with Crippen LogP contribution in [0.2, 0.25) is 5.02 Å². The molecule has 2 rings (SSSR count). The van der Waals surface area contributed by atoms with E-state index in [4.69, 9.17) is 22.2 Å². The SMILES string of the molecule is CC(C)c1c(NN)ncnc1Oc1ccc(Cl)cc1. The van der Waals surface area contributed by atoms with Crippen LogP contribution in [0.4, 0.5) is 5.82 Å². The Morgan fingerprint density at radius 3 is 2.47 bits per heavy atom. The molecule has 0 saturated carbocycles. The summed E-state index contributed by atoms with van der Waals surface area (Å²) >= 11 is 5.84. The summed E-state index contributed by atoms with van der Waals surface area (Å²) in [6.45, 7) is 4.04. The Hall–Kier alpha value is -1.85. The minimum absolute atomic E-state index is 0.176. The average Bonchev–Trinajstić information content (AvgIpc) is 2.40. The highest BCUT2D eigenvalue weighted by Crippen LogP contribution is 2.32. The number of anilines is 1. The summed E-state index contributed by atoms with van der Waals surface area (Å²) in [6, 6.07) is 7.08. The maximum atomic E-state index is 5.84. The summed E-state index contributed by atoms with van der Waals surface area (Å²) in [5.74, 6) is 7.34. The first kappa shape index (κ1) is 13.6. The fraction of sp³-hybridized carbons (Fsp3) is 0.231. The second-order valence-electron chi connectivity index (χ2n) is 4.30. The summed E-state index contributed by atoms with van der Waals surface area (Å²) in [5.41, 5.74) is 3.39. The molecule has 2 aromatic rings. The number of nitrogens with zero attached hydrogens (tertiary/aromatic N) is 2. The van der Waals surface area contributed by atoms with Crippen molar-refractivity contribution in [1.82, 2.24) is 9.97 Å². The number of nitrogens with two attached hydrogens (primary N) is 1. The lowest BCUT2D eigenvalue weighted by Gasteiger charge is -2.15. The summed E-state index contributed by atoms with van der Waals surface area (Å²) < 4.78 is 5.76. The molecule has 1 aromatic carbocycles. The third kappa shape index (κ3) is 3.13. The molecule has 0 amide bonds. The highest BCUT2D eigenvalue weighted by molar-refractivity contribution is 6.30. The number of rotatable bonds is 4. The Kier molecular flexibility index (Phi) is 4.19. The van der Waals surface area contributed by atoms with E-state index in [-0.39, 0.29) is 5.92 Å². The van der Waals surface area contributed by atoms with Crippen LogP contribution in [0.25, 0.3) is 0 Å². The molecule has 0 aliphatic rings. The van der Waals surface area contributed by atoms with Crippen LogP contribution in [-0.4, -0.2) is 9.97 Å². The lowest BCUT2D eigenvalue weighted by molar-refractivity contribution is 0.452. The molecule has 5 nitrogen and oxygen atoms in total. The number of hydrogen-bond acceptors (Lipinski definition) is 5. The summed E-state index contributed by atoms with van der Waals surface area (Å²) in [7, 11) is 0. The number of benzene rings is 1. The normalized spacial score (nSPS) is 10.6. The second-order valence-corrected chi connectivity index (χ2v) is 4.73. The Bertz CT molecular complexity index is 557. The molecule has 1 heterocycles. The van der Waals surface area contributed by atoms with Gasteiger partial charge in [-0.25, -0.2) is 15.8 Å². The minimum Gasteiger partial charge on any atom is -0.439 e. The number of hydrazine groups is 1. The van der Waals surface area contributed by atoms with Crippen LogP contribution < -0.4 is 16.0 Å². The Balaban J connectivity index is 2.36. The van der Waals surface area contributed by atoms with Crippen molar-refractivity contribution in [3.05, 3.63) is 41.2 Å². The highest BCUT2D eigenvalue weighted by atomic mass is 35.5. The largest absolute Gasteiger partial charge is 0.439 e. The fourth-order valence-electron chi connectivity index (χ4n) is 1.71. The summed E-state index contributed by atoms with van der Waals surface area (Å²) in [5, 5.41) is 0.656. The van der Waals surface area contributed by atoms with Gasteiger partial charge in [-0.3, -0.25) is 0 Å². The van der Waals surface area contributed by atoms with Gasteiger partial charge in [-0.2, -0.15) is 0 Å². The molecule has 0 aliphatic heterocycles.